The summed E-state index contributed by atoms with van der Waals surface area (Å²) >= 11 is 0. The lowest BCUT2D eigenvalue weighted by Crippen LogP contribution is -1.84. The molecule has 0 saturated heterocycles. The molecule has 0 heterocycles. The van der Waals surface area contributed by atoms with Gasteiger partial charge in [-0.05, 0) is 25.7 Å². The van der Waals surface area contributed by atoms with Gasteiger partial charge in [0.1, 0.15) is 0 Å². The number of allylic oxidation sites excluding steroid dienone is 4. The van der Waals surface area contributed by atoms with E-state index in [1.54, 1.807) is 0 Å². The lowest BCUT2D eigenvalue weighted by atomic mass is 10.1. The van der Waals surface area contributed by atoms with Gasteiger partial charge in [-0.3, -0.25) is 0 Å². The molecular weight excluding hydrogens is 132 g/mol. The first-order valence-corrected chi connectivity index (χ1v) is 4.52. The van der Waals surface area contributed by atoms with Crippen LogP contribution >= 0.6 is 0 Å². The van der Waals surface area contributed by atoms with Crippen LogP contribution in [0.5, 0.6) is 0 Å². The largest absolute Gasteiger partial charge is 0.0874 e. The minimum absolute atomic E-state index is 0.779. The maximum absolute atomic E-state index is 2.34. The van der Waals surface area contributed by atoms with Gasteiger partial charge in [-0.2, -0.15) is 0 Å². The number of hydrogen-bond acceptors (Lipinski definition) is 0. The van der Waals surface area contributed by atoms with E-state index in [9.17, 15) is 0 Å². The fourth-order valence-electron chi connectivity index (χ4n) is 0.931. The highest BCUT2D eigenvalue weighted by Crippen LogP contribution is 2.08. The average Bonchev–Trinajstić information content (AvgIpc) is 1.97. The van der Waals surface area contributed by atoms with Crippen molar-refractivity contribution in [3.63, 3.8) is 0 Å². The van der Waals surface area contributed by atoms with Crippen molar-refractivity contribution in [3.05, 3.63) is 23.8 Å². The van der Waals surface area contributed by atoms with E-state index in [0.717, 1.165) is 12.3 Å². The van der Waals surface area contributed by atoms with Gasteiger partial charge in [0, 0.05) is 0 Å². The molecule has 0 radical (unpaired) electrons. The Balaban J connectivity index is 3.90. The Labute approximate surface area is 71.0 Å². The van der Waals surface area contributed by atoms with Crippen molar-refractivity contribution in [3.8, 4) is 0 Å². The van der Waals surface area contributed by atoms with Gasteiger partial charge in [-0.15, -0.1) is 0 Å². The molecule has 0 aromatic carbocycles. The van der Waals surface area contributed by atoms with E-state index >= 15 is 0 Å². The summed E-state index contributed by atoms with van der Waals surface area (Å²) in [4.78, 5) is 0. The third-order valence-corrected chi connectivity index (χ3v) is 1.64. The van der Waals surface area contributed by atoms with Crippen LogP contribution in [-0.4, -0.2) is 0 Å². The quantitative estimate of drug-likeness (QED) is 0.535. The zero-order chi connectivity index (χ0) is 8.69. The van der Waals surface area contributed by atoms with Crippen LogP contribution in [0.4, 0.5) is 0 Å². The summed E-state index contributed by atoms with van der Waals surface area (Å²) in [5, 5.41) is 0. The highest BCUT2D eigenvalue weighted by molar-refractivity contribution is 5.17. The lowest BCUT2D eigenvalue weighted by molar-refractivity contribution is 0.661. The second-order valence-corrected chi connectivity index (χ2v) is 3.26. The zero-order valence-electron chi connectivity index (χ0n) is 8.22. The van der Waals surface area contributed by atoms with Gasteiger partial charge in [0.25, 0.3) is 0 Å². The Morgan fingerprint density at radius 1 is 1.36 bits per heavy atom. The first-order chi connectivity index (χ1) is 5.20. The molecule has 0 nitrogen and oxygen atoms in total. The maximum atomic E-state index is 2.34. The highest BCUT2D eigenvalue weighted by Gasteiger charge is 1.90. The second kappa shape index (κ2) is 6.21. The normalized spacial score (nSPS) is 13.4. The lowest BCUT2D eigenvalue weighted by Gasteiger charge is -2.00. The summed E-state index contributed by atoms with van der Waals surface area (Å²) in [5.41, 5.74) is 1.46. The minimum Gasteiger partial charge on any atom is -0.0874 e. The van der Waals surface area contributed by atoms with Gasteiger partial charge in [0.15, 0.2) is 0 Å². The Morgan fingerprint density at radius 2 is 2.00 bits per heavy atom. The fourth-order valence-corrected chi connectivity index (χ4v) is 0.931. The molecule has 0 atom stereocenters. The van der Waals surface area contributed by atoms with Crippen LogP contribution in [0.1, 0.15) is 40.5 Å². The van der Waals surface area contributed by atoms with Crippen molar-refractivity contribution < 1.29 is 0 Å². The van der Waals surface area contributed by atoms with Crippen LogP contribution in [0.25, 0.3) is 0 Å². The van der Waals surface area contributed by atoms with E-state index in [1.807, 2.05) is 0 Å². The van der Waals surface area contributed by atoms with Gasteiger partial charge >= 0.3 is 0 Å². The molecule has 0 amide bonds. The molecule has 64 valence electrons. The highest BCUT2D eigenvalue weighted by atomic mass is 14.0. The molecule has 0 bridgehead atoms. The predicted octanol–water partition coefficient (Wildman–Crippen LogP) is 3.95. The van der Waals surface area contributed by atoms with Crippen LogP contribution in [-0.2, 0) is 0 Å². The van der Waals surface area contributed by atoms with Crippen LogP contribution in [0, 0.1) is 5.92 Å². The Morgan fingerprint density at radius 3 is 2.36 bits per heavy atom. The molecule has 0 aliphatic rings. The van der Waals surface area contributed by atoms with Gasteiger partial charge in [-0.1, -0.05) is 44.6 Å². The van der Waals surface area contributed by atoms with Gasteiger partial charge in [0.2, 0.25) is 0 Å². The predicted molar refractivity (Wildman–Crippen MR) is 52.6 cm³/mol. The van der Waals surface area contributed by atoms with E-state index in [-0.39, 0.29) is 0 Å². The molecule has 0 rings (SSSR count). The maximum Gasteiger partial charge on any atom is -0.0311 e. The molecule has 0 N–H and O–H groups in total. The molecular formula is C11H20. The van der Waals surface area contributed by atoms with Crippen LogP contribution in [0.2, 0.25) is 0 Å². The van der Waals surface area contributed by atoms with E-state index < -0.39 is 0 Å². The van der Waals surface area contributed by atoms with Crippen molar-refractivity contribution in [1.29, 1.82) is 0 Å². The van der Waals surface area contributed by atoms with E-state index in [0.29, 0.717) is 0 Å². The third-order valence-electron chi connectivity index (χ3n) is 1.64. The van der Waals surface area contributed by atoms with Gasteiger partial charge in [-0.25, -0.2) is 0 Å². The first-order valence-electron chi connectivity index (χ1n) is 4.52. The van der Waals surface area contributed by atoms with Crippen molar-refractivity contribution in [1.82, 2.24) is 0 Å². The molecule has 0 spiro atoms. The van der Waals surface area contributed by atoms with E-state index in [1.165, 1.54) is 12.0 Å². The fraction of sp³-hybridized carbons (Fsp3) is 0.636. The Bertz CT molecular complexity index is 138. The molecule has 0 aliphatic heterocycles. The summed E-state index contributed by atoms with van der Waals surface area (Å²) in [6.07, 6.45) is 8.99. The van der Waals surface area contributed by atoms with Gasteiger partial charge in [0.05, 0.1) is 0 Å². The summed E-state index contributed by atoms with van der Waals surface area (Å²) in [6.45, 7) is 8.77. The monoisotopic (exact) mass is 152 g/mol. The number of hydrogen-bond donors (Lipinski definition) is 0. The first kappa shape index (κ1) is 10.5. The molecule has 11 heavy (non-hydrogen) atoms. The Hall–Kier alpha value is -0.520. The third kappa shape index (κ3) is 5.90. The van der Waals surface area contributed by atoms with Crippen molar-refractivity contribution in [2.45, 2.75) is 40.5 Å². The molecule has 0 heteroatoms. The molecule has 0 aromatic rings. The van der Waals surface area contributed by atoms with Crippen molar-refractivity contribution in [2.75, 3.05) is 0 Å². The molecule has 0 fully saturated rings. The van der Waals surface area contributed by atoms with Gasteiger partial charge < -0.3 is 0 Å². The molecule has 0 saturated carbocycles. The number of rotatable bonds is 4. The summed E-state index contributed by atoms with van der Waals surface area (Å²) < 4.78 is 0. The summed E-state index contributed by atoms with van der Waals surface area (Å²) in [6, 6.07) is 0. The SMILES string of the molecule is C/C=C\C(=C/CC(C)C)CC. The molecule has 0 aromatic heterocycles. The Kier molecular flexibility index (Phi) is 5.91. The zero-order valence-corrected chi connectivity index (χ0v) is 8.22. The minimum atomic E-state index is 0.779. The van der Waals surface area contributed by atoms with Crippen LogP contribution in [0.3, 0.4) is 0 Å². The van der Waals surface area contributed by atoms with Crippen molar-refractivity contribution in [2.24, 2.45) is 5.92 Å². The second-order valence-electron chi connectivity index (χ2n) is 3.26. The summed E-state index contributed by atoms with van der Waals surface area (Å²) in [5.74, 6) is 0.779. The average molecular weight is 152 g/mol. The molecule has 0 unspecified atom stereocenters. The van der Waals surface area contributed by atoms with E-state index in [2.05, 4.69) is 45.9 Å². The van der Waals surface area contributed by atoms with Crippen LogP contribution in [0.15, 0.2) is 23.8 Å². The van der Waals surface area contributed by atoms with Crippen LogP contribution < -0.4 is 0 Å². The molecule has 0 aliphatic carbocycles. The summed E-state index contributed by atoms with van der Waals surface area (Å²) in [7, 11) is 0. The topological polar surface area (TPSA) is 0 Å². The van der Waals surface area contributed by atoms with Crippen molar-refractivity contribution >= 4 is 0 Å². The smallest absolute Gasteiger partial charge is 0.0311 e. The standard InChI is InChI=1S/C11H20/c1-5-7-11(6-2)9-8-10(3)4/h5,7,9-10H,6,8H2,1-4H3/b7-5-,11-9-. The van der Waals surface area contributed by atoms with E-state index in [4.69, 9.17) is 0 Å².